The predicted molar refractivity (Wildman–Crippen MR) is 136 cm³/mol. The van der Waals surface area contributed by atoms with Crippen molar-refractivity contribution in [2.75, 3.05) is 53.6 Å². The molecule has 1 heterocycles. The van der Waals surface area contributed by atoms with Crippen molar-refractivity contribution >= 4 is 29.9 Å². The minimum Gasteiger partial charge on any atom is -0.497 e. The Balaban J connectivity index is 0.00000341. The van der Waals surface area contributed by atoms with Crippen LogP contribution in [0.15, 0.2) is 23.2 Å². The van der Waals surface area contributed by atoms with Gasteiger partial charge in [-0.15, -0.1) is 24.0 Å². The van der Waals surface area contributed by atoms with E-state index in [0.29, 0.717) is 6.04 Å². The average molecular weight is 546 g/mol. The summed E-state index contributed by atoms with van der Waals surface area (Å²) in [6.45, 7) is 8.44. The maximum absolute atomic E-state index is 5.70. The summed E-state index contributed by atoms with van der Waals surface area (Å²) in [6.07, 6.45) is 4.76. The predicted octanol–water partition coefficient (Wildman–Crippen LogP) is 3.27. The molecule has 1 aromatic rings. The number of hydrogen-bond acceptors (Lipinski definition) is 5. The normalized spacial score (nSPS) is 19.1. The van der Waals surface area contributed by atoms with Crippen molar-refractivity contribution in [3.8, 4) is 11.5 Å². The maximum Gasteiger partial charge on any atom is 0.191 e. The van der Waals surface area contributed by atoms with Gasteiger partial charge in [-0.1, -0.05) is 0 Å². The van der Waals surface area contributed by atoms with Crippen LogP contribution in [0, 0.1) is 5.92 Å². The van der Waals surface area contributed by atoms with Crippen LogP contribution in [0.3, 0.4) is 0 Å². The van der Waals surface area contributed by atoms with Crippen LogP contribution >= 0.6 is 24.0 Å². The van der Waals surface area contributed by atoms with E-state index >= 15 is 0 Å². The van der Waals surface area contributed by atoms with Crippen LogP contribution in [0.4, 0.5) is 0 Å². The molecule has 2 fully saturated rings. The molecule has 0 amide bonds. The van der Waals surface area contributed by atoms with Gasteiger partial charge in [0.2, 0.25) is 0 Å². The second-order valence-electron chi connectivity index (χ2n) is 8.22. The Bertz CT molecular complexity index is 663. The molecule has 8 heteroatoms. The van der Waals surface area contributed by atoms with Crippen molar-refractivity contribution < 1.29 is 14.2 Å². The van der Waals surface area contributed by atoms with Crippen LogP contribution in [0.5, 0.6) is 11.5 Å². The lowest BCUT2D eigenvalue weighted by Crippen LogP contribution is -2.44. The number of aliphatic imine (C=N–C) groups is 1. The van der Waals surface area contributed by atoms with E-state index in [2.05, 4.69) is 34.6 Å². The van der Waals surface area contributed by atoms with Gasteiger partial charge in [-0.05, 0) is 56.2 Å². The Kier molecular flexibility index (Phi) is 11.7. The van der Waals surface area contributed by atoms with Gasteiger partial charge in [0.1, 0.15) is 11.5 Å². The Morgan fingerprint density at radius 2 is 1.87 bits per heavy atom. The first-order valence-electron chi connectivity index (χ1n) is 11.3. The van der Waals surface area contributed by atoms with E-state index in [4.69, 9.17) is 19.2 Å². The first-order chi connectivity index (χ1) is 14.7. The third-order valence-corrected chi connectivity index (χ3v) is 5.54. The van der Waals surface area contributed by atoms with Gasteiger partial charge < -0.3 is 24.8 Å². The maximum atomic E-state index is 5.70. The third kappa shape index (κ3) is 9.41. The van der Waals surface area contributed by atoms with Gasteiger partial charge in [-0.2, -0.15) is 0 Å². The van der Waals surface area contributed by atoms with E-state index < -0.39 is 0 Å². The second-order valence-corrected chi connectivity index (χ2v) is 8.22. The number of rotatable bonds is 12. The lowest BCUT2D eigenvalue weighted by atomic mass is 10.2. The lowest BCUT2D eigenvalue weighted by Gasteiger charge is -2.19. The van der Waals surface area contributed by atoms with Crippen LogP contribution in [-0.4, -0.2) is 70.5 Å². The van der Waals surface area contributed by atoms with Crippen LogP contribution in [0.2, 0.25) is 0 Å². The van der Waals surface area contributed by atoms with E-state index in [1.807, 2.05) is 6.07 Å². The summed E-state index contributed by atoms with van der Waals surface area (Å²) < 4.78 is 16.5. The van der Waals surface area contributed by atoms with Crippen molar-refractivity contribution in [1.82, 2.24) is 15.5 Å². The summed E-state index contributed by atoms with van der Waals surface area (Å²) in [4.78, 5) is 7.19. The van der Waals surface area contributed by atoms with Crippen molar-refractivity contribution in [2.24, 2.45) is 10.9 Å². The fourth-order valence-electron chi connectivity index (χ4n) is 3.72. The molecule has 31 heavy (non-hydrogen) atoms. The summed E-state index contributed by atoms with van der Waals surface area (Å²) in [5.41, 5.74) is 1.21. The fourth-order valence-corrected chi connectivity index (χ4v) is 3.72. The minimum absolute atomic E-state index is 0. The highest BCUT2D eigenvalue weighted by atomic mass is 127. The van der Waals surface area contributed by atoms with Crippen LogP contribution in [0.1, 0.15) is 38.2 Å². The molecule has 0 aromatic heterocycles. The number of likely N-dealkylation sites (tertiary alicyclic amines) is 1. The zero-order valence-corrected chi connectivity index (χ0v) is 21.5. The SMILES string of the molecule is CCNC(=NCCCOCC1CC1)NC1CCN(Cc2cc(OC)cc(OC)c2)C1.I. The highest BCUT2D eigenvalue weighted by molar-refractivity contribution is 14.0. The molecule has 0 bridgehead atoms. The van der Waals surface area contributed by atoms with Gasteiger partial charge in [0.05, 0.1) is 14.2 Å². The smallest absolute Gasteiger partial charge is 0.191 e. The number of ether oxygens (including phenoxy) is 3. The van der Waals surface area contributed by atoms with Crippen LogP contribution < -0.4 is 20.1 Å². The van der Waals surface area contributed by atoms with Gasteiger partial charge in [0.15, 0.2) is 5.96 Å². The molecule has 1 aliphatic heterocycles. The molecule has 1 aliphatic carbocycles. The third-order valence-electron chi connectivity index (χ3n) is 5.54. The van der Waals surface area contributed by atoms with Gasteiger partial charge >= 0.3 is 0 Å². The molecule has 0 radical (unpaired) electrons. The topological polar surface area (TPSA) is 67.4 Å². The first-order valence-corrected chi connectivity index (χ1v) is 11.3. The lowest BCUT2D eigenvalue weighted by molar-refractivity contribution is 0.123. The molecule has 2 N–H and O–H groups in total. The van der Waals surface area contributed by atoms with Gasteiger partial charge in [0.25, 0.3) is 0 Å². The highest BCUT2D eigenvalue weighted by Gasteiger charge is 2.23. The molecule has 1 saturated carbocycles. The molecule has 2 aliphatic rings. The monoisotopic (exact) mass is 546 g/mol. The van der Waals surface area contributed by atoms with E-state index in [9.17, 15) is 0 Å². The van der Waals surface area contributed by atoms with E-state index in [-0.39, 0.29) is 24.0 Å². The quantitative estimate of drug-likeness (QED) is 0.182. The molecule has 1 atom stereocenters. The Hall–Kier alpha value is -1.26. The molecule has 3 rings (SSSR count). The Morgan fingerprint density at radius 1 is 1.13 bits per heavy atom. The summed E-state index contributed by atoms with van der Waals surface area (Å²) in [5, 5.41) is 6.97. The first kappa shape index (κ1) is 26.0. The molecular formula is C23H39IN4O3. The van der Waals surface area contributed by atoms with Crippen LogP contribution in [-0.2, 0) is 11.3 Å². The Labute approximate surface area is 204 Å². The standard InChI is InChI=1S/C23H38N4O3.HI/c1-4-24-23(25-9-5-11-30-17-18-6-7-18)26-20-8-10-27(16-20)15-19-12-21(28-2)14-22(13-19)29-3;/h12-14,18,20H,4-11,15-17H2,1-3H3,(H2,24,25,26);1H. The zero-order valence-electron chi connectivity index (χ0n) is 19.2. The fraction of sp³-hybridized carbons (Fsp3) is 0.696. The number of nitrogens with one attached hydrogen (secondary N) is 2. The molecule has 1 unspecified atom stereocenters. The molecular weight excluding hydrogens is 507 g/mol. The number of benzene rings is 1. The van der Waals surface area contributed by atoms with Crippen molar-refractivity contribution in [3.63, 3.8) is 0 Å². The summed E-state index contributed by atoms with van der Waals surface area (Å²) >= 11 is 0. The summed E-state index contributed by atoms with van der Waals surface area (Å²) in [6, 6.07) is 6.48. The number of methoxy groups -OCH3 is 2. The number of nitrogens with zero attached hydrogens (tertiary/aromatic N) is 2. The van der Waals surface area contributed by atoms with Crippen molar-refractivity contribution in [3.05, 3.63) is 23.8 Å². The zero-order chi connectivity index (χ0) is 21.2. The number of hydrogen-bond donors (Lipinski definition) is 2. The summed E-state index contributed by atoms with van der Waals surface area (Å²) in [7, 11) is 3.38. The largest absolute Gasteiger partial charge is 0.497 e. The van der Waals surface area contributed by atoms with Crippen LogP contribution in [0.25, 0.3) is 0 Å². The van der Waals surface area contributed by atoms with E-state index in [1.165, 1.54) is 18.4 Å². The molecule has 1 saturated heterocycles. The number of halogens is 1. The second kappa shape index (κ2) is 14.0. The average Bonchev–Trinajstić information content (AvgIpc) is 3.48. The summed E-state index contributed by atoms with van der Waals surface area (Å²) in [5.74, 6) is 3.41. The van der Waals surface area contributed by atoms with Crippen molar-refractivity contribution in [1.29, 1.82) is 0 Å². The Morgan fingerprint density at radius 3 is 2.52 bits per heavy atom. The molecule has 0 spiro atoms. The van der Waals surface area contributed by atoms with E-state index in [0.717, 1.165) is 82.2 Å². The minimum atomic E-state index is 0. The van der Waals surface area contributed by atoms with E-state index in [1.54, 1.807) is 14.2 Å². The van der Waals surface area contributed by atoms with Gasteiger partial charge in [0, 0.05) is 58.0 Å². The number of guanidine groups is 1. The molecule has 1 aromatic carbocycles. The molecule has 7 nitrogen and oxygen atoms in total. The van der Waals surface area contributed by atoms with Crippen molar-refractivity contribution in [2.45, 2.75) is 45.2 Å². The molecule has 176 valence electrons. The van der Waals surface area contributed by atoms with Gasteiger partial charge in [-0.25, -0.2) is 0 Å². The van der Waals surface area contributed by atoms with Gasteiger partial charge in [-0.3, -0.25) is 9.89 Å². The highest BCUT2D eigenvalue weighted by Crippen LogP contribution is 2.28.